The molecule has 0 bridgehead atoms. The number of nitrogens with two attached hydrogens (primary N) is 1. The van der Waals surface area contributed by atoms with Crippen LogP contribution in [-0.2, 0) is 16.6 Å². The summed E-state index contributed by atoms with van der Waals surface area (Å²) in [5.74, 6) is 0.710. The average molecular weight is 300 g/mol. The molecular formula is C13H24N4O2S. The quantitative estimate of drug-likeness (QED) is 0.820. The van der Waals surface area contributed by atoms with E-state index in [1.54, 1.807) is 13.1 Å². The van der Waals surface area contributed by atoms with Crippen LogP contribution in [0, 0.1) is 12.3 Å². The van der Waals surface area contributed by atoms with Gasteiger partial charge in [0, 0.05) is 19.3 Å². The maximum absolute atomic E-state index is 12.3. The smallest absolute Gasteiger partial charge is 0.259 e. The van der Waals surface area contributed by atoms with Gasteiger partial charge in [0.25, 0.3) is 10.0 Å². The number of imidazole rings is 1. The fourth-order valence-electron chi connectivity index (χ4n) is 2.83. The van der Waals surface area contributed by atoms with Gasteiger partial charge in [0.1, 0.15) is 5.82 Å². The van der Waals surface area contributed by atoms with Gasteiger partial charge in [-0.25, -0.2) is 18.1 Å². The van der Waals surface area contributed by atoms with Crippen LogP contribution in [0.2, 0.25) is 0 Å². The Bertz CT molecular complexity index is 559. The number of sulfonamides is 1. The fraction of sp³-hybridized carbons (Fsp3) is 0.769. The van der Waals surface area contributed by atoms with E-state index >= 15 is 0 Å². The topological polar surface area (TPSA) is 90.0 Å². The molecule has 0 amide bonds. The third kappa shape index (κ3) is 3.05. The molecule has 0 spiro atoms. The van der Waals surface area contributed by atoms with Crippen LogP contribution in [0.3, 0.4) is 0 Å². The van der Waals surface area contributed by atoms with Crippen molar-refractivity contribution in [2.75, 3.05) is 13.1 Å². The maximum atomic E-state index is 12.3. The first-order valence-electron chi connectivity index (χ1n) is 7.16. The van der Waals surface area contributed by atoms with Crippen LogP contribution in [0.5, 0.6) is 0 Å². The predicted octanol–water partition coefficient (Wildman–Crippen LogP) is 1.01. The zero-order valence-electron chi connectivity index (χ0n) is 12.2. The second-order valence-corrected chi connectivity index (χ2v) is 7.36. The van der Waals surface area contributed by atoms with Gasteiger partial charge < -0.3 is 10.3 Å². The summed E-state index contributed by atoms with van der Waals surface area (Å²) in [6.07, 6.45) is 5.83. The first-order valence-corrected chi connectivity index (χ1v) is 8.64. The maximum Gasteiger partial charge on any atom is 0.259 e. The minimum atomic E-state index is -3.55. The van der Waals surface area contributed by atoms with Crippen LogP contribution in [0.15, 0.2) is 11.2 Å². The van der Waals surface area contributed by atoms with Crippen LogP contribution in [0.4, 0.5) is 0 Å². The summed E-state index contributed by atoms with van der Waals surface area (Å²) in [5, 5.41) is 0.0991. The molecule has 114 valence electrons. The molecule has 1 fully saturated rings. The van der Waals surface area contributed by atoms with E-state index in [0.29, 0.717) is 25.5 Å². The van der Waals surface area contributed by atoms with E-state index in [4.69, 9.17) is 5.73 Å². The molecule has 1 heterocycles. The molecular weight excluding hydrogens is 276 g/mol. The van der Waals surface area contributed by atoms with Gasteiger partial charge >= 0.3 is 0 Å². The Kier molecular flexibility index (Phi) is 4.51. The highest BCUT2D eigenvalue weighted by Crippen LogP contribution is 2.36. The molecule has 0 radical (unpaired) electrons. The van der Waals surface area contributed by atoms with E-state index in [1.807, 2.05) is 11.5 Å². The molecule has 1 aromatic rings. The summed E-state index contributed by atoms with van der Waals surface area (Å²) in [4.78, 5) is 4.13. The Hall–Kier alpha value is -0.920. The number of hydrogen-bond donors (Lipinski definition) is 2. The van der Waals surface area contributed by atoms with E-state index in [9.17, 15) is 8.42 Å². The molecule has 1 aliphatic carbocycles. The fourth-order valence-corrected chi connectivity index (χ4v) is 3.99. The van der Waals surface area contributed by atoms with Crippen molar-refractivity contribution < 1.29 is 8.42 Å². The van der Waals surface area contributed by atoms with Crippen molar-refractivity contribution in [3.8, 4) is 0 Å². The van der Waals surface area contributed by atoms with Crippen molar-refractivity contribution in [1.29, 1.82) is 0 Å². The minimum Gasteiger partial charge on any atom is -0.334 e. The third-order valence-corrected chi connectivity index (χ3v) is 5.58. The Labute approximate surface area is 120 Å². The van der Waals surface area contributed by atoms with Crippen molar-refractivity contribution in [3.05, 3.63) is 12.0 Å². The summed E-state index contributed by atoms with van der Waals surface area (Å²) in [6, 6.07) is 0. The second-order valence-electron chi connectivity index (χ2n) is 5.65. The lowest BCUT2D eigenvalue weighted by atomic mass is 9.87. The lowest BCUT2D eigenvalue weighted by molar-refractivity contribution is 0.309. The molecule has 20 heavy (non-hydrogen) atoms. The summed E-state index contributed by atoms with van der Waals surface area (Å²) >= 11 is 0. The van der Waals surface area contributed by atoms with Crippen molar-refractivity contribution >= 4 is 10.0 Å². The first-order chi connectivity index (χ1) is 9.42. The Balaban J connectivity index is 2.10. The van der Waals surface area contributed by atoms with Crippen molar-refractivity contribution in [2.24, 2.45) is 11.1 Å². The molecule has 3 N–H and O–H groups in total. The van der Waals surface area contributed by atoms with Crippen LogP contribution in [0.25, 0.3) is 0 Å². The standard InChI is InChI=1S/C13H24N4O2S/c1-3-17-8-12(16-11(17)2)20(18,19)15-10-13(9-14)6-4-5-7-13/h8,15H,3-7,9-10,14H2,1-2H3. The summed E-state index contributed by atoms with van der Waals surface area (Å²) in [7, 11) is -3.55. The lowest BCUT2D eigenvalue weighted by Crippen LogP contribution is -2.40. The number of aryl methyl sites for hydroxylation is 2. The van der Waals surface area contributed by atoms with Gasteiger partial charge in [-0.05, 0) is 38.6 Å². The highest BCUT2D eigenvalue weighted by molar-refractivity contribution is 7.89. The largest absolute Gasteiger partial charge is 0.334 e. The third-order valence-electron chi connectivity index (χ3n) is 4.30. The van der Waals surface area contributed by atoms with Gasteiger partial charge in [0.2, 0.25) is 0 Å². The second kappa shape index (κ2) is 5.83. The van der Waals surface area contributed by atoms with Gasteiger partial charge in [0.15, 0.2) is 5.03 Å². The van der Waals surface area contributed by atoms with Crippen molar-refractivity contribution in [3.63, 3.8) is 0 Å². The highest BCUT2D eigenvalue weighted by atomic mass is 32.2. The van der Waals surface area contributed by atoms with Gasteiger partial charge in [-0.2, -0.15) is 0 Å². The molecule has 0 atom stereocenters. The van der Waals surface area contributed by atoms with Crippen LogP contribution < -0.4 is 10.5 Å². The van der Waals surface area contributed by atoms with E-state index in [1.165, 1.54) is 0 Å². The number of nitrogens with one attached hydrogen (secondary N) is 1. The Morgan fingerprint density at radius 2 is 2.10 bits per heavy atom. The van der Waals surface area contributed by atoms with Crippen molar-refractivity contribution in [2.45, 2.75) is 51.1 Å². The number of nitrogens with zero attached hydrogens (tertiary/aromatic N) is 2. The number of rotatable bonds is 6. The summed E-state index contributed by atoms with van der Waals surface area (Å²) < 4.78 is 29.1. The molecule has 6 nitrogen and oxygen atoms in total. The van der Waals surface area contributed by atoms with E-state index in [0.717, 1.165) is 25.7 Å². The molecule has 0 aliphatic heterocycles. The van der Waals surface area contributed by atoms with Gasteiger partial charge in [0.05, 0.1) is 0 Å². The highest BCUT2D eigenvalue weighted by Gasteiger charge is 2.34. The minimum absolute atomic E-state index is 0.0740. The Morgan fingerprint density at radius 3 is 2.60 bits per heavy atom. The average Bonchev–Trinajstić information content (AvgIpc) is 3.04. The lowest BCUT2D eigenvalue weighted by Gasteiger charge is -2.26. The van der Waals surface area contributed by atoms with Crippen LogP contribution >= 0.6 is 0 Å². The van der Waals surface area contributed by atoms with E-state index in [2.05, 4.69) is 9.71 Å². The normalized spacial score (nSPS) is 18.6. The molecule has 0 saturated heterocycles. The summed E-state index contributed by atoms with van der Waals surface area (Å²) in [5.41, 5.74) is 5.76. The number of aromatic nitrogens is 2. The zero-order chi connectivity index (χ0) is 14.8. The van der Waals surface area contributed by atoms with Gasteiger partial charge in [-0.1, -0.05) is 12.8 Å². The van der Waals surface area contributed by atoms with Gasteiger partial charge in [-0.3, -0.25) is 0 Å². The number of hydrogen-bond acceptors (Lipinski definition) is 4. The first kappa shape index (κ1) is 15.5. The molecule has 0 aromatic carbocycles. The molecule has 2 rings (SSSR count). The van der Waals surface area contributed by atoms with E-state index < -0.39 is 10.0 Å². The van der Waals surface area contributed by atoms with Gasteiger partial charge in [-0.15, -0.1) is 0 Å². The molecule has 1 saturated carbocycles. The van der Waals surface area contributed by atoms with E-state index in [-0.39, 0.29) is 10.4 Å². The van der Waals surface area contributed by atoms with Crippen molar-refractivity contribution in [1.82, 2.24) is 14.3 Å². The molecule has 0 unspecified atom stereocenters. The SMILES string of the molecule is CCn1cc(S(=O)(=O)NCC2(CN)CCCC2)nc1C. The van der Waals surface area contributed by atoms with Crippen LogP contribution in [0.1, 0.15) is 38.4 Å². The Morgan fingerprint density at radius 1 is 1.45 bits per heavy atom. The summed E-state index contributed by atoms with van der Waals surface area (Å²) in [6.45, 7) is 5.41. The molecule has 1 aliphatic rings. The zero-order valence-corrected chi connectivity index (χ0v) is 13.0. The predicted molar refractivity (Wildman–Crippen MR) is 77.8 cm³/mol. The van der Waals surface area contributed by atoms with Crippen LogP contribution in [-0.4, -0.2) is 31.1 Å². The molecule has 7 heteroatoms. The molecule has 1 aromatic heterocycles. The monoisotopic (exact) mass is 300 g/mol.